The Kier molecular flexibility index (Phi) is 6.25. The number of ether oxygens (including phenoxy) is 1. The van der Waals surface area contributed by atoms with Crippen LogP contribution < -0.4 is 15.1 Å². The number of nitrogens with one attached hydrogen (secondary N) is 1. The number of benzene rings is 1. The van der Waals surface area contributed by atoms with E-state index in [1.165, 1.54) is 17.9 Å². The number of amides is 2. The van der Waals surface area contributed by atoms with Crippen LogP contribution in [0.3, 0.4) is 0 Å². The van der Waals surface area contributed by atoms with Crippen LogP contribution in [0.4, 0.5) is 20.6 Å². The van der Waals surface area contributed by atoms with E-state index in [0.29, 0.717) is 36.2 Å². The second-order valence-corrected chi connectivity index (χ2v) is 8.13. The SMILES string of the molecule is CC(=O)NC[C@H]1CN(c2ccc(N3CCC(Cn4ccnc4C#N)CC3)c(F)c2)C(=O)O1. The maximum atomic E-state index is 14.9. The van der Waals surface area contributed by atoms with Crippen LogP contribution in [-0.2, 0) is 16.1 Å². The van der Waals surface area contributed by atoms with Crippen molar-refractivity contribution in [3.8, 4) is 6.07 Å². The molecule has 32 heavy (non-hydrogen) atoms. The third-order valence-electron chi connectivity index (χ3n) is 5.92. The van der Waals surface area contributed by atoms with Gasteiger partial charge in [0.2, 0.25) is 11.7 Å². The number of aromatic nitrogens is 2. The molecule has 2 saturated heterocycles. The highest BCUT2D eigenvalue weighted by Gasteiger charge is 2.33. The number of carbonyl (C=O) groups excluding carboxylic acids is 2. The molecule has 0 spiro atoms. The number of anilines is 2. The molecule has 9 nitrogen and oxygen atoms in total. The molecule has 0 radical (unpaired) electrons. The molecule has 0 unspecified atom stereocenters. The van der Waals surface area contributed by atoms with E-state index >= 15 is 0 Å². The van der Waals surface area contributed by atoms with Gasteiger partial charge in [0.1, 0.15) is 18.0 Å². The summed E-state index contributed by atoms with van der Waals surface area (Å²) >= 11 is 0. The minimum absolute atomic E-state index is 0.200. The molecule has 2 fully saturated rings. The van der Waals surface area contributed by atoms with Gasteiger partial charge in [-0.1, -0.05) is 0 Å². The summed E-state index contributed by atoms with van der Waals surface area (Å²) in [5.41, 5.74) is 0.940. The van der Waals surface area contributed by atoms with Gasteiger partial charge in [0, 0.05) is 39.0 Å². The topological polar surface area (TPSA) is 103 Å². The minimum atomic E-state index is -0.551. The number of hydrogen-bond acceptors (Lipinski definition) is 6. The average Bonchev–Trinajstić information content (AvgIpc) is 3.38. The maximum Gasteiger partial charge on any atom is 0.414 e. The number of nitriles is 1. The molecule has 168 valence electrons. The van der Waals surface area contributed by atoms with Gasteiger partial charge in [0.15, 0.2) is 0 Å². The molecule has 0 aliphatic carbocycles. The first-order chi connectivity index (χ1) is 15.4. The third-order valence-corrected chi connectivity index (χ3v) is 5.92. The highest BCUT2D eigenvalue weighted by atomic mass is 19.1. The van der Waals surface area contributed by atoms with Crippen LogP contribution in [0.15, 0.2) is 30.6 Å². The predicted molar refractivity (Wildman–Crippen MR) is 115 cm³/mol. The van der Waals surface area contributed by atoms with Gasteiger partial charge in [0.05, 0.1) is 24.5 Å². The predicted octanol–water partition coefficient (Wildman–Crippen LogP) is 2.27. The molecule has 4 rings (SSSR count). The van der Waals surface area contributed by atoms with Gasteiger partial charge in [-0.05, 0) is 37.0 Å². The second-order valence-electron chi connectivity index (χ2n) is 8.13. The summed E-state index contributed by atoms with van der Waals surface area (Å²) < 4.78 is 22.1. The van der Waals surface area contributed by atoms with Crippen molar-refractivity contribution >= 4 is 23.4 Å². The third kappa shape index (κ3) is 4.66. The Hall–Kier alpha value is -3.61. The molecule has 2 aliphatic heterocycles. The molecule has 1 atom stereocenters. The van der Waals surface area contributed by atoms with Crippen molar-refractivity contribution in [3.63, 3.8) is 0 Å². The van der Waals surface area contributed by atoms with Crippen LogP contribution in [0.2, 0.25) is 0 Å². The lowest BCUT2D eigenvalue weighted by molar-refractivity contribution is -0.119. The molecular formula is C22H25FN6O3. The number of carbonyl (C=O) groups is 2. The Labute approximate surface area is 185 Å². The van der Waals surface area contributed by atoms with Crippen molar-refractivity contribution in [1.29, 1.82) is 5.26 Å². The van der Waals surface area contributed by atoms with Crippen LogP contribution in [0.25, 0.3) is 0 Å². The lowest BCUT2D eigenvalue weighted by Crippen LogP contribution is -2.35. The van der Waals surface area contributed by atoms with E-state index in [4.69, 9.17) is 10.00 Å². The van der Waals surface area contributed by atoms with Gasteiger partial charge in [-0.25, -0.2) is 14.2 Å². The second kappa shape index (κ2) is 9.26. The number of hydrogen-bond donors (Lipinski definition) is 1. The first-order valence-electron chi connectivity index (χ1n) is 10.6. The molecule has 1 aromatic carbocycles. The van der Waals surface area contributed by atoms with Crippen LogP contribution in [0.5, 0.6) is 0 Å². The number of halogens is 1. The van der Waals surface area contributed by atoms with Crippen molar-refractivity contribution < 1.29 is 18.7 Å². The van der Waals surface area contributed by atoms with Gasteiger partial charge < -0.3 is 19.5 Å². The summed E-state index contributed by atoms with van der Waals surface area (Å²) in [5, 5.41) is 11.7. The molecular weight excluding hydrogens is 415 g/mol. The molecule has 10 heteroatoms. The Morgan fingerprint density at radius 2 is 2.16 bits per heavy atom. The summed E-state index contributed by atoms with van der Waals surface area (Å²) in [5.74, 6) is 0.221. The average molecular weight is 440 g/mol. The fourth-order valence-electron chi connectivity index (χ4n) is 4.22. The van der Waals surface area contributed by atoms with E-state index in [2.05, 4.69) is 16.4 Å². The van der Waals surface area contributed by atoms with Crippen LogP contribution >= 0.6 is 0 Å². The summed E-state index contributed by atoms with van der Waals surface area (Å²) in [6.07, 6.45) is 4.19. The lowest BCUT2D eigenvalue weighted by Gasteiger charge is -2.34. The summed E-state index contributed by atoms with van der Waals surface area (Å²) in [7, 11) is 0. The molecule has 2 aliphatic rings. The molecule has 0 bridgehead atoms. The zero-order chi connectivity index (χ0) is 22.7. The minimum Gasteiger partial charge on any atom is -0.442 e. The first-order valence-corrected chi connectivity index (χ1v) is 10.6. The largest absolute Gasteiger partial charge is 0.442 e. The lowest BCUT2D eigenvalue weighted by atomic mass is 9.96. The fraction of sp³-hybridized carbons (Fsp3) is 0.455. The van der Waals surface area contributed by atoms with E-state index in [0.717, 1.165) is 19.4 Å². The number of rotatable bonds is 6. The van der Waals surface area contributed by atoms with Crippen molar-refractivity contribution in [2.45, 2.75) is 32.4 Å². The standard InChI is InChI=1S/C22H25FN6O3/c1-15(30)26-12-18-14-29(22(31)32-18)17-2-3-20(19(23)10-17)27-7-4-16(5-8-27)13-28-9-6-25-21(28)11-24/h2-3,6,9-10,16,18H,4-5,7-8,12-14H2,1H3,(H,26,30)/t18-/m0/s1. The number of piperidine rings is 1. The maximum absolute atomic E-state index is 14.9. The van der Waals surface area contributed by atoms with Crippen molar-refractivity contribution in [3.05, 3.63) is 42.2 Å². The van der Waals surface area contributed by atoms with Gasteiger partial charge in [-0.2, -0.15) is 5.26 Å². The van der Waals surface area contributed by atoms with Gasteiger partial charge in [-0.15, -0.1) is 0 Å². The first kappa shape index (κ1) is 21.6. The molecule has 3 heterocycles. The summed E-state index contributed by atoms with van der Waals surface area (Å²) in [4.78, 5) is 30.6. The van der Waals surface area contributed by atoms with Crippen molar-refractivity contribution in [1.82, 2.24) is 14.9 Å². The van der Waals surface area contributed by atoms with Crippen LogP contribution in [0.1, 0.15) is 25.6 Å². The zero-order valence-electron chi connectivity index (χ0n) is 17.8. The van der Waals surface area contributed by atoms with E-state index < -0.39 is 12.2 Å². The fourth-order valence-corrected chi connectivity index (χ4v) is 4.22. The Balaban J connectivity index is 1.35. The molecule has 1 aromatic heterocycles. The molecule has 2 aromatic rings. The quantitative estimate of drug-likeness (QED) is 0.739. The molecule has 1 N–H and O–H groups in total. The number of imidazole rings is 1. The number of cyclic esters (lactones) is 1. The zero-order valence-corrected chi connectivity index (χ0v) is 17.8. The van der Waals surface area contributed by atoms with Gasteiger partial charge in [-0.3, -0.25) is 9.69 Å². The Morgan fingerprint density at radius 3 is 2.84 bits per heavy atom. The molecule has 2 amide bonds. The van der Waals surface area contributed by atoms with Crippen LogP contribution in [-0.4, -0.2) is 53.8 Å². The highest BCUT2D eigenvalue weighted by Crippen LogP contribution is 2.31. The highest BCUT2D eigenvalue weighted by molar-refractivity contribution is 5.90. The normalized spacial score (nSPS) is 19.0. The Bertz CT molecular complexity index is 1040. The molecule has 0 saturated carbocycles. The van der Waals surface area contributed by atoms with E-state index in [1.807, 2.05) is 15.7 Å². The summed E-state index contributed by atoms with van der Waals surface area (Å²) in [6.45, 7) is 4.02. The monoisotopic (exact) mass is 440 g/mol. The van der Waals surface area contributed by atoms with Gasteiger partial charge >= 0.3 is 6.09 Å². The van der Waals surface area contributed by atoms with Crippen LogP contribution in [0, 0.1) is 23.1 Å². The Morgan fingerprint density at radius 1 is 1.38 bits per heavy atom. The smallest absolute Gasteiger partial charge is 0.414 e. The van der Waals surface area contributed by atoms with Crippen molar-refractivity contribution in [2.24, 2.45) is 5.92 Å². The van der Waals surface area contributed by atoms with Gasteiger partial charge in [0.25, 0.3) is 0 Å². The van der Waals surface area contributed by atoms with E-state index in [1.54, 1.807) is 18.3 Å². The van der Waals surface area contributed by atoms with Crippen molar-refractivity contribution in [2.75, 3.05) is 36.0 Å². The van der Waals surface area contributed by atoms with E-state index in [-0.39, 0.29) is 24.8 Å². The summed E-state index contributed by atoms with van der Waals surface area (Å²) in [6, 6.07) is 6.86. The van der Waals surface area contributed by atoms with E-state index in [9.17, 15) is 14.0 Å². The number of nitrogens with zero attached hydrogens (tertiary/aromatic N) is 5.